The van der Waals surface area contributed by atoms with Gasteiger partial charge in [0.15, 0.2) is 0 Å². The van der Waals surface area contributed by atoms with Gasteiger partial charge in [0, 0.05) is 17.9 Å². The van der Waals surface area contributed by atoms with Crippen LogP contribution in [-0.4, -0.2) is 30.0 Å². The number of nitrogens with two attached hydrogens (primary N) is 1. The maximum atomic E-state index is 12.1. The SMILES string of the molecule is CSCC[C@H](N)C(=O)NCc1cccc(NC(=O)Nc2cccc(C)c2)c1. The summed E-state index contributed by atoms with van der Waals surface area (Å²) in [6.07, 6.45) is 2.63. The van der Waals surface area contributed by atoms with Crippen molar-refractivity contribution in [3.05, 3.63) is 59.7 Å². The number of rotatable bonds is 8. The number of thioether (sulfide) groups is 1. The third-order valence-electron chi connectivity index (χ3n) is 3.90. The molecule has 0 fully saturated rings. The molecule has 0 aliphatic rings. The minimum absolute atomic E-state index is 0.167. The minimum atomic E-state index is -0.501. The Morgan fingerprint density at radius 1 is 1.07 bits per heavy atom. The van der Waals surface area contributed by atoms with Crippen LogP contribution in [0.3, 0.4) is 0 Å². The zero-order valence-electron chi connectivity index (χ0n) is 15.6. The number of amides is 3. The van der Waals surface area contributed by atoms with Crippen molar-refractivity contribution in [3.63, 3.8) is 0 Å². The van der Waals surface area contributed by atoms with Gasteiger partial charge >= 0.3 is 6.03 Å². The van der Waals surface area contributed by atoms with Crippen LogP contribution in [0.25, 0.3) is 0 Å². The molecule has 0 aliphatic carbocycles. The highest BCUT2D eigenvalue weighted by Crippen LogP contribution is 2.13. The van der Waals surface area contributed by atoms with E-state index >= 15 is 0 Å². The van der Waals surface area contributed by atoms with Crippen LogP contribution < -0.4 is 21.7 Å². The van der Waals surface area contributed by atoms with Crippen molar-refractivity contribution in [1.29, 1.82) is 0 Å². The van der Waals surface area contributed by atoms with Gasteiger partial charge in [-0.15, -0.1) is 0 Å². The fraction of sp³-hybridized carbons (Fsp3) is 0.300. The number of nitrogens with one attached hydrogen (secondary N) is 3. The number of hydrogen-bond acceptors (Lipinski definition) is 4. The summed E-state index contributed by atoms with van der Waals surface area (Å²) in [7, 11) is 0. The molecule has 0 spiro atoms. The number of carbonyl (C=O) groups excluding carboxylic acids is 2. The molecule has 0 saturated carbocycles. The van der Waals surface area contributed by atoms with Crippen LogP contribution in [0.1, 0.15) is 17.5 Å². The predicted octanol–water partition coefficient (Wildman–Crippen LogP) is 3.34. The van der Waals surface area contributed by atoms with Crippen LogP contribution in [0, 0.1) is 6.92 Å². The third kappa shape index (κ3) is 7.32. The predicted molar refractivity (Wildman–Crippen MR) is 113 cm³/mol. The van der Waals surface area contributed by atoms with E-state index in [4.69, 9.17) is 5.73 Å². The molecule has 1 atom stereocenters. The van der Waals surface area contributed by atoms with Crippen LogP contribution in [0.4, 0.5) is 16.2 Å². The van der Waals surface area contributed by atoms with Crippen molar-refractivity contribution in [1.82, 2.24) is 5.32 Å². The lowest BCUT2D eigenvalue weighted by molar-refractivity contribution is -0.122. The second-order valence-corrected chi connectivity index (χ2v) is 7.24. The molecule has 0 unspecified atom stereocenters. The normalized spacial score (nSPS) is 11.5. The zero-order chi connectivity index (χ0) is 19.6. The highest BCUT2D eigenvalue weighted by atomic mass is 32.2. The molecule has 0 bridgehead atoms. The fourth-order valence-corrected chi connectivity index (χ4v) is 2.96. The molecule has 0 aliphatic heterocycles. The number of hydrogen-bond donors (Lipinski definition) is 4. The third-order valence-corrected chi connectivity index (χ3v) is 4.54. The average Bonchev–Trinajstić information content (AvgIpc) is 2.64. The lowest BCUT2D eigenvalue weighted by Crippen LogP contribution is -2.40. The Labute approximate surface area is 164 Å². The van der Waals surface area contributed by atoms with Crippen molar-refractivity contribution in [3.8, 4) is 0 Å². The molecule has 27 heavy (non-hydrogen) atoms. The van der Waals surface area contributed by atoms with E-state index in [0.717, 1.165) is 22.6 Å². The van der Waals surface area contributed by atoms with Gasteiger partial charge in [-0.05, 0) is 60.7 Å². The molecule has 6 nitrogen and oxygen atoms in total. The Balaban J connectivity index is 1.87. The van der Waals surface area contributed by atoms with Crippen LogP contribution >= 0.6 is 11.8 Å². The molecule has 0 aromatic heterocycles. The number of benzene rings is 2. The summed E-state index contributed by atoms with van der Waals surface area (Å²) in [6, 6.07) is 14.1. The number of anilines is 2. The van der Waals surface area contributed by atoms with E-state index in [1.165, 1.54) is 0 Å². The van der Waals surface area contributed by atoms with Gasteiger partial charge in [0.1, 0.15) is 0 Å². The minimum Gasteiger partial charge on any atom is -0.351 e. The Kier molecular flexibility index (Phi) is 8.16. The molecular weight excluding hydrogens is 360 g/mol. The van der Waals surface area contributed by atoms with Crippen LogP contribution in [0.2, 0.25) is 0 Å². The number of urea groups is 1. The molecule has 144 valence electrons. The van der Waals surface area contributed by atoms with Crippen molar-refractivity contribution < 1.29 is 9.59 Å². The Bertz CT molecular complexity index is 782. The summed E-state index contributed by atoms with van der Waals surface area (Å²) < 4.78 is 0. The van der Waals surface area contributed by atoms with E-state index in [1.807, 2.05) is 55.6 Å². The first-order chi connectivity index (χ1) is 13.0. The fourth-order valence-electron chi connectivity index (χ4n) is 2.47. The standard InChI is InChI=1S/C20H26N4O2S/c1-14-5-3-7-16(11-14)23-20(26)24-17-8-4-6-15(12-17)13-22-19(25)18(21)9-10-27-2/h3-8,11-12,18H,9-10,13,21H2,1-2H3,(H,22,25)(H2,23,24,26)/t18-/m0/s1. The zero-order valence-corrected chi connectivity index (χ0v) is 16.4. The second kappa shape index (κ2) is 10.6. The first kappa shape index (κ1) is 20.8. The van der Waals surface area contributed by atoms with E-state index < -0.39 is 6.04 Å². The van der Waals surface area contributed by atoms with Crippen LogP contribution in [-0.2, 0) is 11.3 Å². The summed E-state index contributed by atoms with van der Waals surface area (Å²) in [5, 5.41) is 8.43. The summed E-state index contributed by atoms with van der Waals surface area (Å²) in [5.41, 5.74) is 9.19. The van der Waals surface area contributed by atoms with Crippen molar-refractivity contribution in [2.75, 3.05) is 22.6 Å². The smallest absolute Gasteiger partial charge is 0.323 e. The average molecular weight is 387 g/mol. The first-order valence-corrected chi connectivity index (χ1v) is 10.1. The van der Waals surface area contributed by atoms with E-state index in [0.29, 0.717) is 18.7 Å². The van der Waals surface area contributed by atoms with E-state index in [2.05, 4.69) is 16.0 Å². The molecule has 7 heteroatoms. The molecular formula is C20H26N4O2S. The van der Waals surface area contributed by atoms with E-state index in [-0.39, 0.29) is 11.9 Å². The molecule has 3 amide bonds. The molecule has 2 aromatic carbocycles. The summed E-state index contributed by atoms with van der Waals surface area (Å²) in [4.78, 5) is 24.1. The first-order valence-electron chi connectivity index (χ1n) is 8.74. The molecule has 0 radical (unpaired) electrons. The highest BCUT2D eigenvalue weighted by Gasteiger charge is 2.12. The maximum Gasteiger partial charge on any atom is 0.323 e. The van der Waals surface area contributed by atoms with E-state index in [1.54, 1.807) is 17.8 Å². The summed E-state index contributed by atoms with van der Waals surface area (Å²) in [5.74, 6) is 0.684. The molecule has 2 rings (SSSR count). The monoisotopic (exact) mass is 386 g/mol. The molecule has 5 N–H and O–H groups in total. The second-order valence-electron chi connectivity index (χ2n) is 6.25. The summed E-state index contributed by atoms with van der Waals surface area (Å²) >= 11 is 1.66. The Morgan fingerprint density at radius 2 is 1.74 bits per heavy atom. The number of carbonyl (C=O) groups is 2. The van der Waals surface area contributed by atoms with Crippen LogP contribution in [0.15, 0.2) is 48.5 Å². The van der Waals surface area contributed by atoms with Crippen molar-refractivity contribution in [2.24, 2.45) is 5.73 Å². The largest absolute Gasteiger partial charge is 0.351 e. The highest BCUT2D eigenvalue weighted by molar-refractivity contribution is 7.98. The lowest BCUT2D eigenvalue weighted by atomic mass is 10.2. The van der Waals surface area contributed by atoms with Gasteiger partial charge in [0.2, 0.25) is 5.91 Å². The van der Waals surface area contributed by atoms with Gasteiger partial charge in [0.25, 0.3) is 0 Å². The molecule has 2 aromatic rings. The quantitative estimate of drug-likeness (QED) is 0.559. The molecule has 0 heterocycles. The topological polar surface area (TPSA) is 96.2 Å². The maximum absolute atomic E-state index is 12.1. The van der Waals surface area contributed by atoms with E-state index in [9.17, 15) is 9.59 Å². The van der Waals surface area contributed by atoms with Gasteiger partial charge in [0.05, 0.1) is 6.04 Å². The molecule has 0 saturated heterocycles. The Morgan fingerprint density at radius 3 is 2.41 bits per heavy atom. The van der Waals surface area contributed by atoms with Gasteiger partial charge in [-0.25, -0.2) is 4.79 Å². The summed E-state index contributed by atoms with van der Waals surface area (Å²) in [6.45, 7) is 2.33. The van der Waals surface area contributed by atoms with Gasteiger partial charge in [-0.1, -0.05) is 24.3 Å². The Hall–Kier alpha value is -2.51. The van der Waals surface area contributed by atoms with Gasteiger partial charge in [-0.2, -0.15) is 11.8 Å². The van der Waals surface area contributed by atoms with Gasteiger partial charge < -0.3 is 21.7 Å². The van der Waals surface area contributed by atoms with Gasteiger partial charge in [-0.3, -0.25) is 4.79 Å². The lowest BCUT2D eigenvalue weighted by Gasteiger charge is -2.13. The van der Waals surface area contributed by atoms with Crippen molar-refractivity contribution >= 4 is 35.1 Å². The number of aryl methyl sites for hydroxylation is 1. The van der Waals surface area contributed by atoms with Crippen LogP contribution in [0.5, 0.6) is 0 Å². The van der Waals surface area contributed by atoms with Crippen molar-refractivity contribution in [2.45, 2.75) is 25.9 Å².